The van der Waals surface area contributed by atoms with Crippen molar-refractivity contribution in [1.29, 1.82) is 0 Å². The minimum absolute atomic E-state index is 0. The number of benzene rings is 1. The fourth-order valence-electron chi connectivity index (χ4n) is 0.864. The van der Waals surface area contributed by atoms with Crippen LogP contribution in [0.2, 0.25) is 0 Å². The maximum absolute atomic E-state index is 10.7. The third-order valence-corrected chi connectivity index (χ3v) is 1.37. The molecule has 0 saturated heterocycles. The number of hydrogen-bond donors (Lipinski definition) is 1. The molecule has 0 amide bonds. The zero-order valence-corrected chi connectivity index (χ0v) is 6.61. The lowest BCUT2D eigenvalue weighted by Gasteiger charge is -1.86. The van der Waals surface area contributed by atoms with Gasteiger partial charge >= 0.3 is 0 Å². The normalized spacial score (nSPS) is 9.67. The number of phenols is 1. The molecular formula is C6H5ClN2O3. The monoisotopic (exact) mass is 188 g/mol. The molecule has 64 valence electrons. The Labute approximate surface area is 73.2 Å². The van der Waals surface area contributed by atoms with Crippen molar-refractivity contribution in [3.05, 3.63) is 23.4 Å². The Morgan fingerprint density at radius 2 is 2.25 bits per heavy atom. The van der Waals surface area contributed by atoms with Gasteiger partial charge in [0.25, 0.3) is 5.52 Å². The van der Waals surface area contributed by atoms with E-state index < -0.39 is 0 Å². The zero-order valence-electron chi connectivity index (χ0n) is 5.80. The molecule has 0 radical (unpaired) electrons. The summed E-state index contributed by atoms with van der Waals surface area (Å²) < 4.78 is 4.27. The lowest BCUT2D eigenvalue weighted by molar-refractivity contribution is -0.782. The molecule has 0 bridgehead atoms. The zero-order chi connectivity index (χ0) is 7.84. The number of nitrogens with zero attached hydrogens (tertiary/aromatic N) is 2. The maximum Gasteiger partial charge on any atom is 0.252 e. The number of aromatic hydroxyl groups is 1. The Balaban J connectivity index is 0.000000720. The minimum atomic E-state index is 0. The third-order valence-electron chi connectivity index (χ3n) is 1.37. The van der Waals surface area contributed by atoms with Crippen LogP contribution in [-0.2, 0) is 0 Å². The number of hydrogen-bond acceptors (Lipinski definition) is 4. The summed E-state index contributed by atoms with van der Waals surface area (Å²) in [7, 11) is 0. The van der Waals surface area contributed by atoms with E-state index in [4.69, 9.17) is 5.11 Å². The fourth-order valence-corrected chi connectivity index (χ4v) is 0.864. The first-order valence-electron chi connectivity index (χ1n) is 2.96. The van der Waals surface area contributed by atoms with Gasteiger partial charge in [0.05, 0.1) is 0 Å². The first-order chi connectivity index (χ1) is 5.27. The first kappa shape index (κ1) is 8.61. The second-order valence-corrected chi connectivity index (χ2v) is 2.10. The Morgan fingerprint density at radius 1 is 1.50 bits per heavy atom. The van der Waals surface area contributed by atoms with Crippen molar-refractivity contribution < 1.29 is 14.6 Å². The molecule has 12 heavy (non-hydrogen) atoms. The summed E-state index contributed by atoms with van der Waals surface area (Å²) in [5, 5.41) is 23.0. The highest BCUT2D eigenvalue weighted by Crippen LogP contribution is 2.14. The Hall–Kier alpha value is -1.49. The summed E-state index contributed by atoms with van der Waals surface area (Å²) in [5.74, 6) is 0.0615. The van der Waals surface area contributed by atoms with Crippen LogP contribution in [0, 0.1) is 5.21 Å². The van der Waals surface area contributed by atoms with Gasteiger partial charge in [0, 0.05) is 11.2 Å². The molecule has 0 aliphatic heterocycles. The van der Waals surface area contributed by atoms with Crippen LogP contribution in [0.5, 0.6) is 5.75 Å². The second kappa shape index (κ2) is 2.86. The summed E-state index contributed by atoms with van der Waals surface area (Å²) in [5.41, 5.74) is 0.655. The highest BCUT2D eigenvalue weighted by atomic mass is 35.5. The van der Waals surface area contributed by atoms with Gasteiger partial charge in [0.15, 0.2) is 0 Å². The van der Waals surface area contributed by atoms with Crippen molar-refractivity contribution in [1.82, 2.24) is 5.16 Å². The largest absolute Gasteiger partial charge is 0.508 e. The van der Waals surface area contributed by atoms with Gasteiger partial charge in [-0.05, 0) is 17.0 Å². The van der Waals surface area contributed by atoms with Crippen LogP contribution in [0.4, 0.5) is 0 Å². The quantitative estimate of drug-likeness (QED) is 0.614. The van der Waals surface area contributed by atoms with Gasteiger partial charge in [0.1, 0.15) is 5.75 Å². The number of fused-ring (bicyclic) bond motifs is 1. The average Bonchev–Trinajstić information content (AvgIpc) is 2.32. The van der Waals surface area contributed by atoms with Crippen LogP contribution < -0.4 is 4.90 Å². The molecule has 0 atom stereocenters. The molecule has 0 aliphatic rings. The van der Waals surface area contributed by atoms with E-state index in [-0.39, 0.29) is 23.1 Å². The summed E-state index contributed by atoms with van der Waals surface area (Å²) in [4.78, 5) is 0.286. The smallest absolute Gasteiger partial charge is 0.252 e. The van der Waals surface area contributed by atoms with Crippen LogP contribution in [0.1, 0.15) is 0 Å². The number of aromatic nitrogens is 2. The van der Waals surface area contributed by atoms with Gasteiger partial charge in [0.2, 0.25) is 5.52 Å². The average molecular weight is 189 g/mol. The van der Waals surface area contributed by atoms with Crippen molar-refractivity contribution in [3.63, 3.8) is 0 Å². The maximum atomic E-state index is 10.7. The van der Waals surface area contributed by atoms with Crippen LogP contribution in [0.15, 0.2) is 22.8 Å². The SMILES string of the molecule is Cl.[O-][n+]1onc2cc(O)ccc21. The van der Waals surface area contributed by atoms with E-state index in [0.29, 0.717) is 11.0 Å². The molecular weight excluding hydrogens is 184 g/mol. The Morgan fingerprint density at radius 3 is 3.00 bits per heavy atom. The first-order valence-corrected chi connectivity index (χ1v) is 2.96. The molecule has 5 nitrogen and oxygen atoms in total. The summed E-state index contributed by atoms with van der Waals surface area (Å²) in [6.45, 7) is 0. The van der Waals surface area contributed by atoms with E-state index in [1.807, 2.05) is 0 Å². The molecule has 0 unspecified atom stereocenters. The number of phenolic OH excluding ortho intramolecular Hbond substituents is 1. The predicted octanol–water partition coefficient (Wildman–Crippen LogP) is 0.589. The molecule has 1 heterocycles. The molecule has 0 aliphatic carbocycles. The number of halogens is 1. The topological polar surface area (TPSA) is 73.2 Å². The Bertz CT molecular complexity index is 401. The van der Waals surface area contributed by atoms with Crippen molar-refractivity contribution in [3.8, 4) is 5.75 Å². The highest BCUT2D eigenvalue weighted by molar-refractivity contribution is 5.85. The molecule has 2 rings (SSSR count). The lowest BCUT2D eigenvalue weighted by atomic mass is 10.3. The summed E-state index contributed by atoms with van der Waals surface area (Å²) in [6.07, 6.45) is 0. The van der Waals surface area contributed by atoms with Crippen LogP contribution in [0.25, 0.3) is 11.0 Å². The van der Waals surface area contributed by atoms with Crippen molar-refractivity contribution in [2.75, 3.05) is 0 Å². The molecule has 0 saturated carbocycles. The minimum Gasteiger partial charge on any atom is -0.508 e. The Kier molecular flexibility index (Phi) is 2.05. The van der Waals surface area contributed by atoms with E-state index in [1.54, 1.807) is 0 Å². The number of rotatable bonds is 0. The van der Waals surface area contributed by atoms with E-state index in [1.165, 1.54) is 18.2 Å². The van der Waals surface area contributed by atoms with Crippen molar-refractivity contribution >= 4 is 23.4 Å². The van der Waals surface area contributed by atoms with Gasteiger partial charge in [-0.25, -0.2) is 0 Å². The molecule has 0 fully saturated rings. The van der Waals surface area contributed by atoms with Crippen LogP contribution >= 0.6 is 12.4 Å². The van der Waals surface area contributed by atoms with Gasteiger partial charge in [-0.3, -0.25) is 4.63 Å². The third kappa shape index (κ3) is 1.14. The predicted molar refractivity (Wildman–Crippen MR) is 41.9 cm³/mol. The molecule has 6 heteroatoms. The fraction of sp³-hybridized carbons (Fsp3) is 0. The van der Waals surface area contributed by atoms with E-state index >= 15 is 0 Å². The molecule has 1 N–H and O–H groups in total. The molecule has 1 aromatic carbocycles. The molecule has 0 spiro atoms. The van der Waals surface area contributed by atoms with Crippen LogP contribution in [0.3, 0.4) is 0 Å². The van der Waals surface area contributed by atoms with Gasteiger partial charge < -0.3 is 10.3 Å². The summed E-state index contributed by atoms with van der Waals surface area (Å²) in [6, 6.07) is 4.19. The standard InChI is InChI=1S/C6H4N2O3.ClH/c9-4-1-2-6-5(3-4)7-11-8(6)10;/h1-3,9H;1H. The summed E-state index contributed by atoms with van der Waals surface area (Å²) >= 11 is 0. The van der Waals surface area contributed by atoms with Gasteiger partial charge in [-0.2, -0.15) is 0 Å². The van der Waals surface area contributed by atoms with Crippen LogP contribution in [-0.4, -0.2) is 10.3 Å². The highest BCUT2D eigenvalue weighted by Gasteiger charge is 2.07. The van der Waals surface area contributed by atoms with E-state index in [9.17, 15) is 5.21 Å². The van der Waals surface area contributed by atoms with Crippen molar-refractivity contribution in [2.24, 2.45) is 0 Å². The van der Waals surface area contributed by atoms with E-state index in [2.05, 4.69) is 9.79 Å². The lowest BCUT2D eigenvalue weighted by Crippen LogP contribution is -2.22. The van der Waals surface area contributed by atoms with Gasteiger partial charge in [-0.15, -0.1) is 12.4 Å². The van der Waals surface area contributed by atoms with Crippen molar-refractivity contribution in [2.45, 2.75) is 0 Å². The second-order valence-electron chi connectivity index (χ2n) is 2.10. The molecule has 2 aromatic rings. The molecule has 1 aromatic heterocycles. The van der Waals surface area contributed by atoms with Gasteiger partial charge in [-0.1, -0.05) is 0 Å². The van der Waals surface area contributed by atoms with E-state index in [0.717, 1.165) is 0 Å².